The Morgan fingerprint density at radius 2 is 1.29 bits per heavy atom. The van der Waals surface area contributed by atoms with E-state index in [-0.39, 0.29) is 92.3 Å². The number of carbonyl (C=O) groups is 6. The van der Waals surface area contributed by atoms with Crippen molar-refractivity contribution in [2.75, 3.05) is 110 Å². The van der Waals surface area contributed by atoms with Crippen LogP contribution < -0.4 is 45.5 Å². The number of aliphatic hydroxyl groups excluding tert-OH is 1. The Kier molecular flexibility index (Phi) is 23.9. The molecule has 4 aliphatic heterocycles. The molecule has 0 spiro atoms. The zero-order chi connectivity index (χ0) is 60.3. The van der Waals surface area contributed by atoms with Crippen LogP contribution in [0.5, 0.6) is 23.0 Å². The Bertz CT molecular complexity index is 2850. The SMILES string of the molecule is C=C1C[C@H]2C=Nc3cc(OCCCCCOc4cc5c(cc4OC)C(=O)N4CC(=C)C[C@H]4[C@H](O)N5C(=O)OCc4ccc(NC(=O)[C@H](C)NC(=O)[C@@H](NC(=O)CCOCCOCCOCCOCCN)C(C)C)cc4)c(OC)cc3C(=O)N2C1. The molecular formula is C60H80N8O16. The number of anilines is 2. The second-order valence-corrected chi connectivity index (χ2v) is 21.0. The zero-order valence-electron chi connectivity index (χ0n) is 48.7. The van der Waals surface area contributed by atoms with E-state index in [1.54, 1.807) is 61.4 Å². The average molecular weight is 1170 g/mol. The van der Waals surface area contributed by atoms with Gasteiger partial charge in [-0.05, 0) is 74.8 Å². The maximum atomic E-state index is 14.2. The number of methoxy groups -OCH3 is 2. The van der Waals surface area contributed by atoms with Crippen LogP contribution in [0, 0.1) is 5.92 Å². The molecule has 4 heterocycles. The monoisotopic (exact) mass is 1170 g/mol. The van der Waals surface area contributed by atoms with Gasteiger partial charge in [0.05, 0.1) is 115 Å². The van der Waals surface area contributed by atoms with E-state index in [2.05, 4.69) is 34.1 Å². The number of rotatable bonds is 32. The number of fused-ring (bicyclic) bond motifs is 4. The zero-order valence-corrected chi connectivity index (χ0v) is 48.7. The van der Waals surface area contributed by atoms with Gasteiger partial charge in [0.2, 0.25) is 17.7 Å². The van der Waals surface area contributed by atoms with Crippen LogP contribution in [-0.2, 0) is 44.7 Å². The largest absolute Gasteiger partial charge is 0.493 e. The highest BCUT2D eigenvalue weighted by Crippen LogP contribution is 2.43. The molecule has 24 heteroatoms. The van der Waals surface area contributed by atoms with Crippen molar-refractivity contribution in [1.29, 1.82) is 0 Å². The van der Waals surface area contributed by atoms with E-state index in [0.717, 1.165) is 10.5 Å². The third-order valence-electron chi connectivity index (χ3n) is 14.3. The van der Waals surface area contributed by atoms with E-state index in [1.807, 2.05) is 0 Å². The average Bonchev–Trinajstić information content (AvgIpc) is 2.35. The van der Waals surface area contributed by atoms with Gasteiger partial charge < -0.3 is 79.2 Å². The maximum absolute atomic E-state index is 14.2. The first kappa shape index (κ1) is 64.0. The van der Waals surface area contributed by atoms with Gasteiger partial charge in [-0.3, -0.25) is 29.0 Å². The molecule has 0 unspecified atom stereocenters. The van der Waals surface area contributed by atoms with Gasteiger partial charge in [-0.25, -0.2) is 9.69 Å². The smallest absolute Gasteiger partial charge is 0.416 e. The van der Waals surface area contributed by atoms with Gasteiger partial charge in [0.15, 0.2) is 29.2 Å². The highest BCUT2D eigenvalue weighted by atomic mass is 16.6. The van der Waals surface area contributed by atoms with Crippen molar-refractivity contribution in [3.05, 3.63) is 89.5 Å². The summed E-state index contributed by atoms with van der Waals surface area (Å²) in [6.07, 6.45) is 2.21. The summed E-state index contributed by atoms with van der Waals surface area (Å²) in [5.41, 5.74) is 9.10. The van der Waals surface area contributed by atoms with Crippen LogP contribution in [0.4, 0.5) is 21.9 Å². The number of nitrogens with one attached hydrogen (secondary N) is 3. The molecule has 4 aliphatic rings. The lowest BCUT2D eigenvalue weighted by Gasteiger charge is -2.31. The predicted molar refractivity (Wildman–Crippen MR) is 311 cm³/mol. The lowest BCUT2D eigenvalue weighted by atomic mass is 10.0. The number of ether oxygens (including phenoxy) is 9. The molecule has 7 rings (SSSR count). The van der Waals surface area contributed by atoms with Crippen LogP contribution in [0.1, 0.15) is 85.6 Å². The summed E-state index contributed by atoms with van der Waals surface area (Å²) in [6, 6.07) is 10.0. The molecule has 0 aliphatic carbocycles. The number of nitrogens with two attached hydrogens (primary N) is 1. The molecule has 0 bridgehead atoms. The van der Waals surface area contributed by atoms with Gasteiger partial charge in [0.25, 0.3) is 11.8 Å². The Labute approximate surface area is 489 Å². The molecule has 5 atom stereocenters. The van der Waals surface area contributed by atoms with Gasteiger partial charge in [0, 0.05) is 50.1 Å². The van der Waals surface area contributed by atoms with Crippen molar-refractivity contribution in [3.8, 4) is 23.0 Å². The molecule has 6 amide bonds. The first-order valence-corrected chi connectivity index (χ1v) is 28.3. The number of benzene rings is 3. The number of unbranched alkanes of at least 4 members (excludes halogenated alkanes) is 2. The third-order valence-corrected chi connectivity index (χ3v) is 14.3. The third kappa shape index (κ3) is 17.0. The van der Waals surface area contributed by atoms with Gasteiger partial charge in [-0.2, -0.15) is 0 Å². The van der Waals surface area contributed by atoms with Crippen molar-refractivity contribution in [1.82, 2.24) is 20.4 Å². The summed E-state index contributed by atoms with van der Waals surface area (Å²) in [5.74, 6) is -0.920. The summed E-state index contributed by atoms with van der Waals surface area (Å²) in [7, 11) is 2.96. The second kappa shape index (κ2) is 31.3. The van der Waals surface area contributed by atoms with E-state index >= 15 is 0 Å². The van der Waals surface area contributed by atoms with Crippen LogP contribution in [-0.4, -0.2) is 187 Å². The number of hydrogen-bond acceptors (Lipinski definition) is 18. The fourth-order valence-corrected chi connectivity index (χ4v) is 9.84. The van der Waals surface area contributed by atoms with Crippen molar-refractivity contribution >= 4 is 58.9 Å². The van der Waals surface area contributed by atoms with Crippen molar-refractivity contribution in [3.63, 3.8) is 0 Å². The van der Waals surface area contributed by atoms with Crippen LogP contribution in [0.3, 0.4) is 0 Å². The Balaban J connectivity index is 0.878. The number of amides is 6. The summed E-state index contributed by atoms with van der Waals surface area (Å²) in [6.45, 7) is 17.5. The van der Waals surface area contributed by atoms with E-state index < -0.39 is 48.2 Å². The van der Waals surface area contributed by atoms with E-state index in [9.17, 15) is 33.9 Å². The number of aliphatic hydroxyl groups is 1. The molecule has 456 valence electrons. The van der Waals surface area contributed by atoms with E-state index in [4.69, 9.17) is 48.4 Å². The molecule has 2 fully saturated rings. The summed E-state index contributed by atoms with van der Waals surface area (Å²) in [4.78, 5) is 90.0. The molecule has 2 saturated heterocycles. The molecule has 0 saturated carbocycles. The normalized spacial score (nSPS) is 17.8. The maximum Gasteiger partial charge on any atom is 0.416 e. The number of aliphatic imine (C=N–C) groups is 1. The van der Waals surface area contributed by atoms with Crippen LogP contribution in [0.25, 0.3) is 0 Å². The van der Waals surface area contributed by atoms with Crippen LogP contribution in [0.15, 0.2) is 77.8 Å². The van der Waals surface area contributed by atoms with Gasteiger partial charge in [-0.1, -0.05) is 50.3 Å². The van der Waals surface area contributed by atoms with Gasteiger partial charge in [-0.15, -0.1) is 0 Å². The minimum Gasteiger partial charge on any atom is -0.493 e. The number of carbonyl (C=O) groups excluding carboxylic acids is 6. The minimum absolute atomic E-state index is 0.0159. The molecule has 0 radical (unpaired) electrons. The van der Waals surface area contributed by atoms with Crippen molar-refractivity contribution in [2.24, 2.45) is 16.6 Å². The molecule has 6 N–H and O–H groups in total. The highest BCUT2D eigenvalue weighted by Gasteiger charge is 2.46. The Morgan fingerprint density at radius 3 is 1.92 bits per heavy atom. The number of nitrogens with zero attached hydrogens (tertiary/aromatic N) is 4. The molecule has 84 heavy (non-hydrogen) atoms. The molecular weight excluding hydrogens is 1090 g/mol. The topological polar surface area (TPSA) is 290 Å². The number of hydrogen-bond donors (Lipinski definition) is 5. The lowest BCUT2D eigenvalue weighted by molar-refractivity contribution is -0.132. The molecule has 0 aromatic heterocycles. The van der Waals surface area contributed by atoms with E-state index in [0.29, 0.717) is 125 Å². The van der Waals surface area contributed by atoms with Crippen molar-refractivity contribution in [2.45, 2.75) is 96.3 Å². The fraction of sp³-hybridized carbons (Fsp3) is 0.517. The van der Waals surface area contributed by atoms with Crippen LogP contribution in [0.2, 0.25) is 0 Å². The lowest BCUT2D eigenvalue weighted by Crippen LogP contribution is -2.53. The fourth-order valence-electron chi connectivity index (χ4n) is 9.84. The summed E-state index contributed by atoms with van der Waals surface area (Å²) in [5, 5.41) is 20.1. The quantitative estimate of drug-likeness (QED) is 0.0403. The predicted octanol–water partition coefficient (Wildman–Crippen LogP) is 5.06. The molecule has 24 nitrogen and oxygen atoms in total. The highest BCUT2D eigenvalue weighted by molar-refractivity contribution is 6.06. The van der Waals surface area contributed by atoms with Gasteiger partial charge in [0.1, 0.15) is 18.7 Å². The first-order valence-electron chi connectivity index (χ1n) is 28.3. The van der Waals surface area contributed by atoms with Crippen LogP contribution >= 0.6 is 0 Å². The first-order chi connectivity index (χ1) is 40.5. The Hall–Kier alpha value is -7.61. The summed E-state index contributed by atoms with van der Waals surface area (Å²) >= 11 is 0. The van der Waals surface area contributed by atoms with E-state index in [1.165, 1.54) is 38.2 Å². The second-order valence-electron chi connectivity index (χ2n) is 21.0. The molecule has 3 aromatic carbocycles. The molecule has 3 aromatic rings. The van der Waals surface area contributed by atoms with Gasteiger partial charge >= 0.3 is 6.09 Å². The standard InChI is InChI=1S/C60H80N8O16/c1-37(2)54(65-53(69)15-19-78-21-23-80-25-26-81-24-22-79-20-16-61)56(71)63-40(5)55(70)64-42-13-11-41(12-14-42)36-84-60(75)68-47-32-52(50(77-7)30-45(47)58(73)67-35-39(4)28-48(67)59(68)74)83-18-10-8-9-17-82-51-31-46-44(29-49(51)76-6)57(72)66-34-38(3)27-43(66)33-62-46/h11-14,29-33,37,40,43,48,54,59,74H,3-4,8-10,15-28,34-36,61H2,1-2,5-7H3,(H,63,71)(H,64,70)(H,65,69)/t40-,43-,48-,54-,59-/m0/s1. The Morgan fingerprint density at radius 1 is 0.702 bits per heavy atom. The summed E-state index contributed by atoms with van der Waals surface area (Å²) < 4.78 is 51.0. The van der Waals surface area contributed by atoms with Crippen molar-refractivity contribution < 1.29 is 76.5 Å². The minimum atomic E-state index is -1.52.